The lowest BCUT2D eigenvalue weighted by Gasteiger charge is -2.06. The van der Waals surface area contributed by atoms with E-state index >= 15 is 0 Å². The van der Waals surface area contributed by atoms with Crippen molar-refractivity contribution in [3.63, 3.8) is 0 Å². The molecule has 2 heterocycles. The van der Waals surface area contributed by atoms with Crippen molar-refractivity contribution in [2.24, 2.45) is 0 Å². The highest BCUT2D eigenvalue weighted by molar-refractivity contribution is 7.97. The van der Waals surface area contributed by atoms with Crippen molar-refractivity contribution >= 4 is 28.2 Å². The number of hydrogen-bond acceptors (Lipinski definition) is 4. The van der Waals surface area contributed by atoms with Crippen molar-refractivity contribution in [1.29, 1.82) is 0 Å². The summed E-state index contributed by atoms with van der Waals surface area (Å²) < 4.78 is 18.9. The van der Waals surface area contributed by atoms with Gasteiger partial charge in [-0.05, 0) is 42.6 Å². The van der Waals surface area contributed by atoms with Gasteiger partial charge in [0.25, 0.3) is 0 Å². The second-order valence-corrected chi connectivity index (χ2v) is 7.86. The maximum Gasteiger partial charge on any atom is 0.194 e. The van der Waals surface area contributed by atoms with Crippen LogP contribution in [-0.4, -0.2) is 9.38 Å². The Morgan fingerprint density at radius 1 is 1.16 bits per heavy atom. The number of aromatic nitrogens is 2. The smallest absolute Gasteiger partial charge is 0.194 e. The number of nitrogens with zero attached hydrogens (tertiary/aromatic N) is 2. The molecule has 2 aromatic heterocycles. The van der Waals surface area contributed by atoms with E-state index in [2.05, 4.69) is 46.6 Å². The van der Waals surface area contributed by atoms with E-state index in [1.807, 2.05) is 12.1 Å². The predicted molar refractivity (Wildman–Crippen MR) is 102 cm³/mol. The van der Waals surface area contributed by atoms with Crippen LogP contribution >= 0.6 is 23.3 Å². The van der Waals surface area contributed by atoms with Crippen LogP contribution in [0.4, 0.5) is 4.39 Å². The SMILES string of the molecule is Cc1cn2cc(-c3cccc(CNSc4ccccc4F)c3)nc2s1. The molecule has 0 spiro atoms. The summed E-state index contributed by atoms with van der Waals surface area (Å²) in [7, 11) is 0. The van der Waals surface area contributed by atoms with Crippen LogP contribution in [-0.2, 0) is 6.54 Å². The fourth-order valence-electron chi connectivity index (χ4n) is 2.62. The average Bonchev–Trinajstić information content (AvgIpc) is 3.14. The zero-order valence-electron chi connectivity index (χ0n) is 13.6. The molecule has 0 unspecified atom stereocenters. The molecule has 25 heavy (non-hydrogen) atoms. The van der Waals surface area contributed by atoms with Crippen molar-refractivity contribution in [3.8, 4) is 11.3 Å². The Hall–Kier alpha value is -2.15. The molecule has 0 atom stereocenters. The number of rotatable bonds is 5. The van der Waals surface area contributed by atoms with E-state index in [1.165, 1.54) is 22.9 Å². The van der Waals surface area contributed by atoms with Gasteiger partial charge in [-0.1, -0.05) is 30.3 Å². The van der Waals surface area contributed by atoms with Crippen LogP contribution < -0.4 is 4.72 Å². The number of fused-ring (bicyclic) bond motifs is 1. The highest BCUT2D eigenvalue weighted by atomic mass is 32.2. The van der Waals surface area contributed by atoms with Crippen LogP contribution in [0.25, 0.3) is 16.2 Å². The van der Waals surface area contributed by atoms with Crippen LogP contribution in [0.3, 0.4) is 0 Å². The van der Waals surface area contributed by atoms with E-state index in [0.717, 1.165) is 21.8 Å². The molecule has 0 fully saturated rings. The highest BCUT2D eigenvalue weighted by Crippen LogP contribution is 2.25. The number of aryl methyl sites for hydroxylation is 1. The summed E-state index contributed by atoms with van der Waals surface area (Å²) in [6, 6.07) is 15.0. The summed E-state index contributed by atoms with van der Waals surface area (Å²) >= 11 is 2.99. The molecule has 4 rings (SSSR count). The molecule has 0 amide bonds. The molecule has 0 aliphatic heterocycles. The first-order valence-electron chi connectivity index (χ1n) is 7.88. The highest BCUT2D eigenvalue weighted by Gasteiger charge is 2.07. The normalized spacial score (nSPS) is 11.3. The maximum absolute atomic E-state index is 13.6. The van der Waals surface area contributed by atoms with Gasteiger partial charge in [-0.15, -0.1) is 11.3 Å². The van der Waals surface area contributed by atoms with Crippen molar-refractivity contribution in [1.82, 2.24) is 14.1 Å². The number of halogens is 1. The number of thiazole rings is 1. The van der Waals surface area contributed by atoms with Gasteiger partial charge in [-0.2, -0.15) is 0 Å². The fourth-order valence-corrected chi connectivity index (χ4v) is 4.13. The van der Waals surface area contributed by atoms with Gasteiger partial charge >= 0.3 is 0 Å². The third-order valence-electron chi connectivity index (χ3n) is 3.79. The summed E-state index contributed by atoms with van der Waals surface area (Å²) in [4.78, 5) is 7.54. The molecular formula is C19H16FN3S2. The van der Waals surface area contributed by atoms with Crippen LogP contribution in [0.5, 0.6) is 0 Å². The van der Waals surface area contributed by atoms with Gasteiger partial charge < -0.3 is 0 Å². The van der Waals surface area contributed by atoms with E-state index in [-0.39, 0.29) is 5.82 Å². The topological polar surface area (TPSA) is 29.3 Å². The zero-order chi connectivity index (χ0) is 17.2. The summed E-state index contributed by atoms with van der Waals surface area (Å²) in [5.74, 6) is -0.206. The molecule has 126 valence electrons. The van der Waals surface area contributed by atoms with Gasteiger partial charge in [-0.25, -0.2) is 9.37 Å². The van der Waals surface area contributed by atoms with Crippen LogP contribution in [0.1, 0.15) is 10.4 Å². The van der Waals surface area contributed by atoms with Gasteiger partial charge in [-0.3, -0.25) is 9.12 Å². The Labute approximate surface area is 153 Å². The second-order valence-electron chi connectivity index (χ2n) is 5.71. The maximum atomic E-state index is 13.6. The largest absolute Gasteiger partial charge is 0.297 e. The second kappa shape index (κ2) is 7.00. The monoisotopic (exact) mass is 369 g/mol. The quantitative estimate of drug-likeness (QED) is 0.484. The lowest BCUT2D eigenvalue weighted by Crippen LogP contribution is -2.03. The summed E-state index contributed by atoms with van der Waals surface area (Å²) in [6.07, 6.45) is 4.15. The number of benzene rings is 2. The van der Waals surface area contributed by atoms with Gasteiger partial charge in [0.05, 0.1) is 10.6 Å². The van der Waals surface area contributed by atoms with E-state index in [4.69, 9.17) is 4.98 Å². The van der Waals surface area contributed by atoms with Crippen LogP contribution in [0, 0.1) is 12.7 Å². The molecule has 2 aromatic carbocycles. The van der Waals surface area contributed by atoms with Crippen molar-refractivity contribution in [3.05, 3.63) is 77.2 Å². The molecule has 1 N–H and O–H groups in total. The third-order valence-corrected chi connectivity index (χ3v) is 5.54. The fraction of sp³-hybridized carbons (Fsp3) is 0.105. The van der Waals surface area contributed by atoms with Gasteiger partial charge in [0.2, 0.25) is 0 Å². The number of nitrogens with one attached hydrogen (secondary N) is 1. The minimum absolute atomic E-state index is 0.206. The van der Waals surface area contributed by atoms with E-state index in [9.17, 15) is 4.39 Å². The first kappa shape index (κ1) is 16.3. The first-order valence-corrected chi connectivity index (χ1v) is 9.51. The Morgan fingerprint density at radius 3 is 2.88 bits per heavy atom. The van der Waals surface area contributed by atoms with Crippen molar-refractivity contribution in [2.75, 3.05) is 0 Å². The average molecular weight is 369 g/mol. The first-order chi connectivity index (χ1) is 12.2. The van der Waals surface area contributed by atoms with E-state index in [1.54, 1.807) is 23.5 Å². The number of hydrogen-bond donors (Lipinski definition) is 1. The molecule has 0 saturated carbocycles. The molecule has 0 aliphatic rings. The molecule has 4 aromatic rings. The molecule has 0 bridgehead atoms. The Kier molecular flexibility index (Phi) is 4.57. The lowest BCUT2D eigenvalue weighted by atomic mass is 10.1. The minimum atomic E-state index is -0.206. The minimum Gasteiger partial charge on any atom is -0.297 e. The Bertz CT molecular complexity index is 991. The van der Waals surface area contributed by atoms with E-state index < -0.39 is 0 Å². The lowest BCUT2D eigenvalue weighted by molar-refractivity contribution is 0.601. The van der Waals surface area contributed by atoms with Gasteiger partial charge in [0, 0.05) is 29.4 Å². The number of imidazole rings is 1. The summed E-state index contributed by atoms with van der Waals surface area (Å²) in [5.41, 5.74) is 3.19. The molecule has 6 heteroatoms. The van der Waals surface area contributed by atoms with Gasteiger partial charge in [0.15, 0.2) is 4.96 Å². The van der Waals surface area contributed by atoms with Crippen LogP contribution in [0.2, 0.25) is 0 Å². The molecule has 0 saturated heterocycles. The zero-order valence-corrected chi connectivity index (χ0v) is 15.2. The molecule has 3 nitrogen and oxygen atoms in total. The summed E-state index contributed by atoms with van der Waals surface area (Å²) in [6.45, 7) is 2.73. The third kappa shape index (κ3) is 3.61. The van der Waals surface area contributed by atoms with Crippen LogP contribution in [0.15, 0.2) is 65.8 Å². The molecule has 0 aliphatic carbocycles. The Balaban J connectivity index is 1.47. The molecular weight excluding hydrogens is 353 g/mol. The van der Waals surface area contributed by atoms with Crippen molar-refractivity contribution < 1.29 is 4.39 Å². The van der Waals surface area contributed by atoms with Gasteiger partial charge in [0.1, 0.15) is 5.82 Å². The van der Waals surface area contributed by atoms with E-state index in [0.29, 0.717) is 11.4 Å². The molecule has 0 radical (unpaired) electrons. The predicted octanol–water partition coefficient (Wildman–Crippen LogP) is 5.31. The van der Waals surface area contributed by atoms with Crippen molar-refractivity contribution in [2.45, 2.75) is 18.4 Å². The standard InChI is InChI=1S/C19H16FN3S2/c1-13-11-23-12-17(22-19(23)24-13)15-6-4-5-14(9-15)10-21-25-18-8-3-2-7-16(18)20/h2-9,11-12,21H,10H2,1H3. The Morgan fingerprint density at radius 2 is 2.04 bits per heavy atom. The summed E-state index contributed by atoms with van der Waals surface area (Å²) in [5, 5.41) is 0.